The fourth-order valence-corrected chi connectivity index (χ4v) is 0.725. The van der Waals surface area contributed by atoms with E-state index in [1.54, 1.807) is 0 Å². The molecular weight excluding hydrogens is 152 g/mol. The Morgan fingerprint density at radius 3 is 2.86 bits per heavy atom. The Labute approximate surface area is 51.4 Å². The van der Waals surface area contributed by atoms with Gasteiger partial charge in [0.1, 0.15) is 0 Å². The molecule has 0 amide bonds. The van der Waals surface area contributed by atoms with Gasteiger partial charge in [-0.2, -0.15) is 0 Å². The van der Waals surface area contributed by atoms with E-state index in [2.05, 4.69) is 21.7 Å². The molecule has 1 rings (SSSR count). The van der Waals surface area contributed by atoms with Crippen LogP contribution in [-0.4, -0.2) is 0 Å². The van der Waals surface area contributed by atoms with Crippen molar-refractivity contribution < 1.29 is 0 Å². The quantitative estimate of drug-likeness (QED) is 0.473. The zero-order valence-electron chi connectivity index (χ0n) is 3.82. The first-order valence-corrected chi connectivity index (χ1v) is 2.94. The second-order valence-electron chi connectivity index (χ2n) is 1.36. The minimum absolute atomic E-state index is 0.997. The van der Waals surface area contributed by atoms with E-state index >= 15 is 0 Å². The first kappa shape index (κ1) is 4.89. The van der Waals surface area contributed by atoms with Crippen LogP contribution >= 0.6 is 15.9 Å². The smallest absolute Gasteiger partial charge is 0.00454 e. The minimum Gasteiger partial charge on any atom is -0.125 e. The summed E-state index contributed by atoms with van der Waals surface area (Å²) in [5.41, 5.74) is 2.96. The highest BCUT2D eigenvalue weighted by molar-refractivity contribution is 9.11. The third kappa shape index (κ3) is 1.34. The lowest BCUT2D eigenvalue weighted by molar-refractivity contribution is 1.36. The van der Waals surface area contributed by atoms with Gasteiger partial charge in [-0.15, -0.1) is 5.73 Å². The maximum Gasteiger partial charge on any atom is 0.00454 e. The van der Waals surface area contributed by atoms with Gasteiger partial charge < -0.3 is 0 Å². The molecule has 1 aliphatic carbocycles. The molecule has 0 atom stereocenters. The molecular formula is C6H5Br. The molecule has 0 N–H and O–H groups in total. The van der Waals surface area contributed by atoms with Crippen LogP contribution in [0.25, 0.3) is 0 Å². The molecule has 7 heavy (non-hydrogen) atoms. The van der Waals surface area contributed by atoms with Gasteiger partial charge >= 0.3 is 0 Å². The highest BCUT2D eigenvalue weighted by atomic mass is 79.9. The Hall–Kier alpha value is -0.260. The summed E-state index contributed by atoms with van der Waals surface area (Å²) in [5, 5.41) is 0. The maximum absolute atomic E-state index is 3.35. The largest absolute Gasteiger partial charge is 0.125 e. The Balaban J connectivity index is 2.77. The molecule has 1 aliphatic rings. The summed E-state index contributed by atoms with van der Waals surface area (Å²) < 4.78 is 1.23. The molecule has 0 nitrogen and oxygen atoms in total. The summed E-state index contributed by atoms with van der Waals surface area (Å²) in [7, 11) is 0. The third-order valence-corrected chi connectivity index (χ3v) is 1.36. The van der Waals surface area contributed by atoms with Crippen molar-refractivity contribution in [2.45, 2.75) is 6.42 Å². The van der Waals surface area contributed by atoms with Crippen molar-refractivity contribution in [3.05, 3.63) is 28.4 Å². The normalized spacial score (nSPS) is 17.0. The van der Waals surface area contributed by atoms with Crippen LogP contribution < -0.4 is 0 Å². The molecule has 0 aromatic heterocycles. The lowest BCUT2D eigenvalue weighted by Gasteiger charge is -1.89. The van der Waals surface area contributed by atoms with Crippen LogP contribution in [0.4, 0.5) is 0 Å². The van der Waals surface area contributed by atoms with Crippen LogP contribution in [0.5, 0.6) is 0 Å². The molecule has 0 aromatic rings. The van der Waals surface area contributed by atoms with Crippen molar-refractivity contribution in [2.75, 3.05) is 0 Å². The van der Waals surface area contributed by atoms with Gasteiger partial charge in [0.05, 0.1) is 0 Å². The lowest BCUT2D eigenvalue weighted by Crippen LogP contribution is -1.67. The van der Waals surface area contributed by atoms with Crippen LogP contribution in [0.3, 0.4) is 0 Å². The van der Waals surface area contributed by atoms with E-state index in [1.807, 2.05) is 18.2 Å². The van der Waals surface area contributed by atoms with Crippen molar-refractivity contribution in [1.82, 2.24) is 0 Å². The summed E-state index contributed by atoms with van der Waals surface area (Å²) >= 11 is 3.35. The lowest BCUT2D eigenvalue weighted by atomic mass is 10.3. The molecule has 0 aliphatic heterocycles. The first-order valence-electron chi connectivity index (χ1n) is 2.15. The molecule has 0 saturated carbocycles. The molecule has 0 spiro atoms. The predicted octanol–water partition coefficient (Wildman–Crippen LogP) is 2.38. The Morgan fingerprint density at radius 1 is 1.71 bits per heavy atom. The fraction of sp³-hybridized carbons (Fsp3) is 0.167. The highest BCUT2D eigenvalue weighted by Crippen LogP contribution is 2.12. The maximum atomic E-state index is 3.35. The summed E-state index contributed by atoms with van der Waals surface area (Å²) in [4.78, 5) is 0. The van der Waals surface area contributed by atoms with Crippen molar-refractivity contribution in [2.24, 2.45) is 0 Å². The second-order valence-corrected chi connectivity index (χ2v) is 2.37. The molecule has 1 heteroatoms. The van der Waals surface area contributed by atoms with E-state index < -0.39 is 0 Å². The van der Waals surface area contributed by atoms with E-state index in [1.165, 1.54) is 4.48 Å². The van der Waals surface area contributed by atoms with Crippen LogP contribution in [-0.2, 0) is 0 Å². The summed E-state index contributed by atoms with van der Waals surface area (Å²) in [5.74, 6) is 0. The van der Waals surface area contributed by atoms with Crippen molar-refractivity contribution in [3.63, 3.8) is 0 Å². The topological polar surface area (TPSA) is 0 Å². The van der Waals surface area contributed by atoms with E-state index in [0.29, 0.717) is 0 Å². The summed E-state index contributed by atoms with van der Waals surface area (Å²) in [6.07, 6.45) is 6.88. The number of allylic oxidation sites excluding steroid dienone is 3. The molecule has 0 aromatic carbocycles. The molecule has 36 valence electrons. The van der Waals surface area contributed by atoms with E-state index in [0.717, 1.165) is 6.42 Å². The van der Waals surface area contributed by atoms with Crippen molar-refractivity contribution in [1.29, 1.82) is 0 Å². The van der Waals surface area contributed by atoms with E-state index in [4.69, 9.17) is 0 Å². The zero-order chi connectivity index (χ0) is 5.11. The molecule has 0 fully saturated rings. The number of halogens is 1. The fourth-order valence-electron chi connectivity index (χ4n) is 0.431. The van der Waals surface area contributed by atoms with Crippen LogP contribution in [0.2, 0.25) is 0 Å². The molecule has 0 unspecified atom stereocenters. The van der Waals surface area contributed by atoms with E-state index in [-0.39, 0.29) is 0 Å². The first-order chi connectivity index (χ1) is 3.39. The predicted molar refractivity (Wildman–Crippen MR) is 34.3 cm³/mol. The molecule has 0 heterocycles. The molecule has 0 radical (unpaired) electrons. The van der Waals surface area contributed by atoms with Crippen LogP contribution in [0, 0.1) is 0 Å². The standard InChI is InChI=1S/C6H5Br/c7-6-4-2-1-3-5-6/h2-4H,5H2. The van der Waals surface area contributed by atoms with Crippen LogP contribution in [0.15, 0.2) is 28.4 Å². The van der Waals surface area contributed by atoms with Gasteiger partial charge in [-0.05, 0) is 18.2 Å². The Morgan fingerprint density at radius 2 is 2.57 bits per heavy atom. The average molecular weight is 157 g/mol. The van der Waals surface area contributed by atoms with E-state index in [9.17, 15) is 0 Å². The van der Waals surface area contributed by atoms with Crippen molar-refractivity contribution >= 4 is 15.9 Å². The molecule has 0 saturated heterocycles. The van der Waals surface area contributed by atoms with Gasteiger partial charge in [-0.1, -0.05) is 15.9 Å². The van der Waals surface area contributed by atoms with Gasteiger partial charge in [-0.3, -0.25) is 0 Å². The average Bonchev–Trinajstić information content (AvgIpc) is 1.69. The number of hydrogen-bond donors (Lipinski definition) is 0. The monoisotopic (exact) mass is 156 g/mol. The zero-order valence-corrected chi connectivity index (χ0v) is 5.40. The Kier molecular flexibility index (Phi) is 1.50. The van der Waals surface area contributed by atoms with Crippen LogP contribution in [0.1, 0.15) is 6.42 Å². The molecule has 0 bridgehead atoms. The van der Waals surface area contributed by atoms with Gasteiger partial charge in [0.2, 0.25) is 0 Å². The van der Waals surface area contributed by atoms with Gasteiger partial charge in [-0.25, -0.2) is 0 Å². The van der Waals surface area contributed by atoms with Gasteiger partial charge in [0.15, 0.2) is 0 Å². The Bertz CT molecular complexity index is 148. The van der Waals surface area contributed by atoms with Gasteiger partial charge in [0.25, 0.3) is 0 Å². The SMILES string of the molecule is BrC1=CC=C=CC1. The third-order valence-electron chi connectivity index (χ3n) is 0.775. The van der Waals surface area contributed by atoms with Gasteiger partial charge in [0, 0.05) is 10.9 Å². The minimum atomic E-state index is 0.997. The second kappa shape index (κ2) is 2.15. The number of hydrogen-bond acceptors (Lipinski definition) is 0. The van der Waals surface area contributed by atoms with Crippen molar-refractivity contribution in [3.8, 4) is 0 Å². The summed E-state index contributed by atoms with van der Waals surface area (Å²) in [6, 6.07) is 0. The highest BCUT2D eigenvalue weighted by Gasteiger charge is 1.85. The summed E-state index contributed by atoms with van der Waals surface area (Å²) in [6.45, 7) is 0. The number of rotatable bonds is 0.